The maximum Gasteiger partial charge on any atom is 0.323 e. The maximum absolute atomic E-state index is 13.2. The number of amides is 2. The Morgan fingerprint density at radius 3 is 2.33 bits per heavy atom. The van der Waals surface area contributed by atoms with Gasteiger partial charge in [0, 0.05) is 35.9 Å². The standard InChI is InChI=1S/C20H14F2N6O2/c21-16-7-4-14(12-17(16)22)25-20(29)24-13-2-5-15(6-3-13)30-19-9-8-18(26-27-19)28-11-1-10-23-28/h1-12H,(H2,24,25,29). The molecule has 0 unspecified atom stereocenters. The van der Waals surface area contributed by atoms with E-state index in [4.69, 9.17) is 4.74 Å². The molecule has 2 aromatic heterocycles. The number of anilines is 2. The van der Waals surface area contributed by atoms with E-state index in [2.05, 4.69) is 25.9 Å². The van der Waals surface area contributed by atoms with Crippen molar-refractivity contribution in [2.75, 3.05) is 10.6 Å². The molecule has 2 amide bonds. The number of nitrogens with zero attached hydrogens (tertiary/aromatic N) is 4. The zero-order valence-electron chi connectivity index (χ0n) is 15.3. The van der Waals surface area contributed by atoms with Gasteiger partial charge in [-0.15, -0.1) is 10.2 Å². The molecule has 4 rings (SSSR count). The van der Waals surface area contributed by atoms with E-state index >= 15 is 0 Å². The van der Waals surface area contributed by atoms with Crippen LogP contribution in [0.25, 0.3) is 5.82 Å². The molecule has 4 aromatic rings. The van der Waals surface area contributed by atoms with Gasteiger partial charge >= 0.3 is 6.03 Å². The first-order valence-electron chi connectivity index (χ1n) is 8.71. The van der Waals surface area contributed by atoms with Crippen LogP contribution in [0, 0.1) is 11.6 Å². The first-order chi connectivity index (χ1) is 14.6. The Morgan fingerprint density at radius 2 is 1.67 bits per heavy atom. The fourth-order valence-electron chi connectivity index (χ4n) is 2.49. The number of benzene rings is 2. The van der Waals surface area contributed by atoms with Crippen LogP contribution in [-0.4, -0.2) is 26.0 Å². The summed E-state index contributed by atoms with van der Waals surface area (Å²) in [6.07, 6.45) is 3.39. The molecule has 30 heavy (non-hydrogen) atoms. The SMILES string of the molecule is O=C(Nc1ccc(Oc2ccc(-n3cccn3)nn2)cc1)Nc1ccc(F)c(F)c1. The Hall–Kier alpha value is -4.34. The number of urea groups is 1. The molecule has 0 saturated heterocycles. The number of hydrogen-bond acceptors (Lipinski definition) is 5. The quantitative estimate of drug-likeness (QED) is 0.511. The van der Waals surface area contributed by atoms with Crippen molar-refractivity contribution < 1.29 is 18.3 Å². The summed E-state index contributed by atoms with van der Waals surface area (Å²) in [6.45, 7) is 0. The van der Waals surface area contributed by atoms with Gasteiger partial charge in [0.2, 0.25) is 5.88 Å². The van der Waals surface area contributed by atoms with Crippen molar-refractivity contribution in [1.29, 1.82) is 0 Å². The third-order valence-electron chi connectivity index (χ3n) is 3.88. The largest absolute Gasteiger partial charge is 0.438 e. The number of aromatic nitrogens is 4. The molecule has 150 valence electrons. The molecule has 0 aliphatic rings. The molecule has 0 spiro atoms. The van der Waals surface area contributed by atoms with E-state index < -0.39 is 17.7 Å². The highest BCUT2D eigenvalue weighted by Gasteiger charge is 2.07. The van der Waals surface area contributed by atoms with Crippen LogP contribution < -0.4 is 15.4 Å². The Bertz CT molecular complexity index is 1150. The maximum atomic E-state index is 13.2. The van der Waals surface area contributed by atoms with Crippen molar-refractivity contribution >= 4 is 17.4 Å². The van der Waals surface area contributed by atoms with Crippen LogP contribution in [0.1, 0.15) is 0 Å². The van der Waals surface area contributed by atoms with Crippen molar-refractivity contribution in [3.8, 4) is 17.4 Å². The summed E-state index contributed by atoms with van der Waals surface area (Å²) in [5, 5.41) is 17.1. The highest BCUT2D eigenvalue weighted by Crippen LogP contribution is 2.22. The molecule has 0 saturated carbocycles. The summed E-state index contributed by atoms with van der Waals surface area (Å²) in [5.41, 5.74) is 0.603. The summed E-state index contributed by atoms with van der Waals surface area (Å²) in [7, 11) is 0. The fourth-order valence-corrected chi connectivity index (χ4v) is 2.49. The topological polar surface area (TPSA) is 94.0 Å². The number of carbonyl (C=O) groups excluding carboxylic acids is 1. The van der Waals surface area contributed by atoms with Gasteiger partial charge in [0.1, 0.15) is 5.75 Å². The zero-order chi connectivity index (χ0) is 20.9. The van der Waals surface area contributed by atoms with Crippen molar-refractivity contribution in [3.05, 3.63) is 84.7 Å². The lowest BCUT2D eigenvalue weighted by Gasteiger charge is -2.09. The molecule has 0 bridgehead atoms. The highest BCUT2D eigenvalue weighted by atomic mass is 19.2. The van der Waals surface area contributed by atoms with E-state index in [9.17, 15) is 13.6 Å². The molecule has 0 aliphatic heterocycles. The van der Waals surface area contributed by atoms with E-state index in [1.807, 2.05) is 0 Å². The van der Waals surface area contributed by atoms with Crippen LogP contribution >= 0.6 is 0 Å². The molecular formula is C20H14F2N6O2. The van der Waals surface area contributed by atoms with Crippen LogP contribution in [-0.2, 0) is 0 Å². The van der Waals surface area contributed by atoms with Crippen LogP contribution in [0.3, 0.4) is 0 Å². The van der Waals surface area contributed by atoms with Crippen molar-refractivity contribution in [3.63, 3.8) is 0 Å². The lowest BCUT2D eigenvalue weighted by Crippen LogP contribution is -2.19. The predicted molar refractivity (Wildman–Crippen MR) is 105 cm³/mol. The van der Waals surface area contributed by atoms with E-state index in [0.717, 1.165) is 12.1 Å². The minimum atomic E-state index is -1.05. The van der Waals surface area contributed by atoms with Crippen LogP contribution in [0.2, 0.25) is 0 Å². The average Bonchev–Trinajstić information content (AvgIpc) is 3.28. The summed E-state index contributed by atoms with van der Waals surface area (Å²) >= 11 is 0. The molecular weight excluding hydrogens is 394 g/mol. The molecule has 10 heteroatoms. The second-order valence-corrected chi connectivity index (χ2v) is 6.01. The predicted octanol–water partition coefficient (Wildman–Crippen LogP) is 4.38. The van der Waals surface area contributed by atoms with E-state index in [1.165, 1.54) is 6.07 Å². The Kier molecular flexibility index (Phi) is 5.29. The summed E-state index contributed by atoms with van der Waals surface area (Å²) in [5.74, 6) is -0.698. The Morgan fingerprint density at radius 1 is 0.900 bits per heavy atom. The van der Waals surface area contributed by atoms with E-state index in [-0.39, 0.29) is 5.69 Å². The van der Waals surface area contributed by atoms with Gasteiger partial charge in [-0.25, -0.2) is 18.3 Å². The van der Waals surface area contributed by atoms with Gasteiger partial charge in [-0.05, 0) is 48.5 Å². The van der Waals surface area contributed by atoms with Crippen LogP contribution in [0.5, 0.6) is 11.6 Å². The second kappa shape index (κ2) is 8.35. The lowest BCUT2D eigenvalue weighted by molar-refractivity contribution is 0.262. The number of rotatable bonds is 5. The molecule has 2 heterocycles. The molecule has 2 aromatic carbocycles. The number of hydrogen-bond donors (Lipinski definition) is 2. The van der Waals surface area contributed by atoms with E-state index in [0.29, 0.717) is 23.1 Å². The third-order valence-corrected chi connectivity index (χ3v) is 3.88. The summed E-state index contributed by atoms with van der Waals surface area (Å²) < 4.78 is 33.3. The number of ether oxygens (including phenoxy) is 1. The minimum Gasteiger partial charge on any atom is -0.438 e. The van der Waals surface area contributed by atoms with Crippen LogP contribution in [0.4, 0.5) is 25.0 Å². The third kappa shape index (κ3) is 4.55. The van der Waals surface area contributed by atoms with Gasteiger partial charge < -0.3 is 15.4 Å². The molecule has 0 radical (unpaired) electrons. The molecule has 0 aliphatic carbocycles. The average molecular weight is 408 g/mol. The monoisotopic (exact) mass is 408 g/mol. The minimum absolute atomic E-state index is 0.128. The first kappa shape index (κ1) is 19.0. The number of halogens is 2. The van der Waals surface area contributed by atoms with Gasteiger partial charge in [-0.1, -0.05) is 0 Å². The summed E-state index contributed by atoms with van der Waals surface area (Å²) in [4.78, 5) is 12.0. The zero-order valence-corrected chi connectivity index (χ0v) is 15.3. The van der Waals surface area contributed by atoms with Crippen molar-refractivity contribution in [2.24, 2.45) is 0 Å². The first-order valence-corrected chi connectivity index (χ1v) is 8.71. The second-order valence-electron chi connectivity index (χ2n) is 6.01. The fraction of sp³-hybridized carbons (Fsp3) is 0. The van der Waals surface area contributed by atoms with Gasteiger partial charge in [-0.3, -0.25) is 0 Å². The Balaban J connectivity index is 1.34. The highest BCUT2D eigenvalue weighted by molar-refractivity contribution is 5.99. The van der Waals surface area contributed by atoms with Crippen molar-refractivity contribution in [2.45, 2.75) is 0 Å². The normalized spacial score (nSPS) is 10.5. The number of nitrogens with one attached hydrogen (secondary N) is 2. The van der Waals surface area contributed by atoms with Gasteiger partial charge in [0.25, 0.3) is 0 Å². The Labute approximate surface area is 169 Å². The smallest absolute Gasteiger partial charge is 0.323 e. The van der Waals surface area contributed by atoms with Crippen LogP contribution in [0.15, 0.2) is 73.1 Å². The van der Waals surface area contributed by atoms with Gasteiger partial charge in [0.15, 0.2) is 17.5 Å². The molecule has 0 atom stereocenters. The van der Waals surface area contributed by atoms with Gasteiger partial charge in [-0.2, -0.15) is 5.10 Å². The molecule has 0 fully saturated rings. The van der Waals surface area contributed by atoms with Gasteiger partial charge in [0.05, 0.1) is 0 Å². The lowest BCUT2D eigenvalue weighted by atomic mass is 10.3. The van der Waals surface area contributed by atoms with Crippen molar-refractivity contribution in [1.82, 2.24) is 20.0 Å². The molecule has 2 N–H and O–H groups in total. The number of carbonyl (C=O) groups is 1. The van der Waals surface area contributed by atoms with E-state index in [1.54, 1.807) is 59.5 Å². The molecule has 8 nitrogen and oxygen atoms in total. The summed E-state index contributed by atoms with van der Waals surface area (Å²) in [6, 6.07) is 14.1.